The number of hydrogen-bond acceptors (Lipinski definition) is 3. The van der Waals surface area contributed by atoms with E-state index < -0.39 is 15.9 Å². The standard InChI is InChI=1S/C23H23ClN2O3S/c1-17(2)18-11-13-20(14-12-18)25-23(27)16-26(21-8-6-7-19(24)15-21)30(28,29)22-9-4-3-5-10-22/h3-15,17H,16H2,1-2H3,(H,25,27). The molecule has 0 radical (unpaired) electrons. The summed E-state index contributed by atoms with van der Waals surface area (Å²) >= 11 is 6.07. The third-order valence-corrected chi connectivity index (χ3v) is 6.60. The van der Waals surface area contributed by atoms with Gasteiger partial charge in [0.1, 0.15) is 6.54 Å². The van der Waals surface area contributed by atoms with E-state index in [2.05, 4.69) is 19.2 Å². The first-order valence-electron chi connectivity index (χ1n) is 9.50. The first-order valence-corrected chi connectivity index (χ1v) is 11.3. The summed E-state index contributed by atoms with van der Waals surface area (Å²) in [6.07, 6.45) is 0. The molecule has 0 aliphatic carbocycles. The van der Waals surface area contributed by atoms with Gasteiger partial charge >= 0.3 is 0 Å². The maximum atomic E-state index is 13.3. The van der Waals surface area contributed by atoms with Crippen molar-refractivity contribution < 1.29 is 13.2 Å². The van der Waals surface area contributed by atoms with Gasteiger partial charge in [-0.2, -0.15) is 0 Å². The van der Waals surface area contributed by atoms with Crippen LogP contribution in [0.1, 0.15) is 25.3 Å². The van der Waals surface area contributed by atoms with Gasteiger partial charge in [-0.15, -0.1) is 0 Å². The molecule has 0 aliphatic rings. The number of sulfonamides is 1. The molecule has 1 amide bonds. The molecular formula is C23H23ClN2O3S. The summed E-state index contributed by atoms with van der Waals surface area (Å²) in [5.41, 5.74) is 2.07. The van der Waals surface area contributed by atoms with Crippen LogP contribution >= 0.6 is 11.6 Å². The number of nitrogens with zero attached hydrogens (tertiary/aromatic N) is 1. The highest BCUT2D eigenvalue weighted by molar-refractivity contribution is 7.92. The van der Waals surface area contributed by atoms with Crippen LogP contribution < -0.4 is 9.62 Å². The van der Waals surface area contributed by atoms with Gasteiger partial charge in [0.05, 0.1) is 10.6 Å². The van der Waals surface area contributed by atoms with Crippen molar-refractivity contribution in [1.29, 1.82) is 0 Å². The lowest BCUT2D eigenvalue weighted by molar-refractivity contribution is -0.114. The van der Waals surface area contributed by atoms with Gasteiger partial charge in [0, 0.05) is 10.7 Å². The second-order valence-corrected chi connectivity index (χ2v) is 9.43. The third-order valence-electron chi connectivity index (χ3n) is 4.58. The fourth-order valence-electron chi connectivity index (χ4n) is 2.95. The highest BCUT2D eigenvalue weighted by Crippen LogP contribution is 2.26. The van der Waals surface area contributed by atoms with Gasteiger partial charge in [0.15, 0.2) is 0 Å². The number of halogens is 1. The summed E-state index contributed by atoms with van der Waals surface area (Å²) in [6.45, 7) is 3.79. The summed E-state index contributed by atoms with van der Waals surface area (Å²) in [6, 6.07) is 21.9. The minimum Gasteiger partial charge on any atom is -0.325 e. The molecule has 3 rings (SSSR count). The van der Waals surface area contributed by atoms with E-state index in [9.17, 15) is 13.2 Å². The van der Waals surface area contributed by atoms with E-state index in [4.69, 9.17) is 11.6 Å². The molecule has 0 aliphatic heterocycles. The fourth-order valence-corrected chi connectivity index (χ4v) is 4.57. The van der Waals surface area contributed by atoms with Crippen molar-refractivity contribution in [2.24, 2.45) is 0 Å². The number of nitrogens with one attached hydrogen (secondary N) is 1. The summed E-state index contributed by atoms with van der Waals surface area (Å²) in [4.78, 5) is 12.8. The number of benzene rings is 3. The topological polar surface area (TPSA) is 66.5 Å². The van der Waals surface area contributed by atoms with Crippen LogP contribution in [0.5, 0.6) is 0 Å². The lowest BCUT2D eigenvalue weighted by atomic mass is 10.0. The molecule has 0 atom stereocenters. The number of hydrogen-bond donors (Lipinski definition) is 1. The Morgan fingerprint density at radius 1 is 0.967 bits per heavy atom. The van der Waals surface area contributed by atoms with Crippen molar-refractivity contribution >= 4 is 38.9 Å². The molecule has 1 N–H and O–H groups in total. The Hall–Kier alpha value is -2.83. The largest absolute Gasteiger partial charge is 0.325 e. The Labute approximate surface area is 182 Å². The third kappa shape index (κ3) is 5.20. The first kappa shape index (κ1) is 21.9. The first-order chi connectivity index (χ1) is 14.3. The Morgan fingerprint density at radius 2 is 1.63 bits per heavy atom. The highest BCUT2D eigenvalue weighted by Gasteiger charge is 2.27. The zero-order valence-corrected chi connectivity index (χ0v) is 18.3. The fraction of sp³-hybridized carbons (Fsp3) is 0.174. The lowest BCUT2D eigenvalue weighted by Gasteiger charge is -2.24. The van der Waals surface area contributed by atoms with E-state index in [1.807, 2.05) is 24.3 Å². The minimum atomic E-state index is -3.96. The monoisotopic (exact) mass is 442 g/mol. The second kappa shape index (κ2) is 9.32. The summed E-state index contributed by atoms with van der Waals surface area (Å²) in [5.74, 6) is -0.0733. The number of amides is 1. The molecule has 0 heterocycles. The molecule has 5 nitrogen and oxygen atoms in total. The zero-order chi connectivity index (χ0) is 21.7. The Bertz CT molecular complexity index is 1110. The summed E-state index contributed by atoms with van der Waals surface area (Å²) in [7, 11) is -3.96. The second-order valence-electron chi connectivity index (χ2n) is 7.13. The van der Waals surface area contributed by atoms with Crippen LogP contribution in [0.25, 0.3) is 0 Å². The van der Waals surface area contributed by atoms with Crippen LogP contribution in [0.15, 0.2) is 83.8 Å². The van der Waals surface area contributed by atoms with Crippen LogP contribution in [0.2, 0.25) is 5.02 Å². The van der Waals surface area contributed by atoms with Crippen molar-refractivity contribution in [3.05, 3.63) is 89.4 Å². The zero-order valence-electron chi connectivity index (χ0n) is 16.7. The van der Waals surface area contributed by atoms with Crippen molar-refractivity contribution in [3.63, 3.8) is 0 Å². The molecule has 0 unspecified atom stereocenters. The van der Waals surface area contributed by atoms with Crippen LogP contribution in [0.4, 0.5) is 11.4 Å². The quantitative estimate of drug-likeness (QED) is 0.540. The maximum absolute atomic E-state index is 13.3. The lowest BCUT2D eigenvalue weighted by Crippen LogP contribution is -2.38. The van der Waals surface area contributed by atoms with Crippen LogP contribution in [-0.2, 0) is 14.8 Å². The van der Waals surface area contributed by atoms with Gasteiger partial charge in [-0.3, -0.25) is 9.10 Å². The molecule has 0 aromatic heterocycles. The van der Waals surface area contributed by atoms with E-state index in [1.54, 1.807) is 36.4 Å². The predicted octanol–water partition coefficient (Wildman–Crippen LogP) is 5.30. The number of anilines is 2. The molecule has 0 saturated carbocycles. The van der Waals surface area contributed by atoms with E-state index >= 15 is 0 Å². The van der Waals surface area contributed by atoms with E-state index in [-0.39, 0.29) is 11.4 Å². The molecule has 3 aromatic rings. The van der Waals surface area contributed by atoms with Crippen molar-refractivity contribution in [2.75, 3.05) is 16.2 Å². The Kier molecular flexibility index (Phi) is 6.80. The van der Waals surface area contributed by atoms with Gasteiger partial charge < -0.3 is 5.32 Å². The number of rotatable bonds is 7. The SMILES string of the molecule is CC(C)c1ccc(NC(=O)CN(c2cccc(Cl)c2)S(=O)(=O)c2ccccc2)cc1. The normalized spacial score (nSPS) is 11.3. The molecule has 0 fully saturated rings. The van der Waals surface area contributed by atoms with Crippen molar-refractivity contribution in [1.82, 2.24) is 0 Å². The van der Waals surface area contributed by atoms with E-state index in [1.165, 1.54) is 18.2 Å². The average molecular weight is 443 g/mol. The number of carbonyl (C=O) groups excluding carboxylic acids is 1. The average Bonchev–Trinajstić information content (AvgIpc) is 2.73. The summed E-state index contributed by atoms with van der Waals surface area (Å²) in [5, 5.41) is 3.15. The molecule has 30 heavy (non-hydrogen) atoms. The summed E-state index contributed by atoms with van der Waals surface area (Å²) < 4.78 is 27.6. The van der Waals surface area contributed by atoms with Gasteiger partial charge in [-0.25, -0.2) is 8.42 Å². The molecule has 3 aromatic carbocycles. The van der Waals surface area contributed by atoms with E-state index in [0.29, 0.717) is 22.3 Å². The van der Waals surface area contributed by atoms with Gasteiger partial charge in [0.2, 0.25) is 5.91 Å². The smallest absolute Gasteiger partial charge is 0.264 e. The highest BCUT2D eigenvalue weighted by atomic mass is 35.5. The molecule has 0 spiro atoms. The Balaban J connectivity index is 1.88. The predicted molar refractivity (Wildman–Crippen MR) is 122 cm³/mol. The van der Waals surface area contributed by atoms with Crippen LogP contribution in [0.3, 0.4) is 0 Å². The molecular weight excluding hydrogens is 420 g/mol. The van der Waals surface area contributed by atoms with Gasteiger partial charge in [0.25, 0.3) is 10.0 Å². The van der Waals surface area contributed by atoms with E-state index in [0.717, 1.165) is 9.87 Å². The number of carbonyl (C=O) groups is 1. The van der Waals surface area contributed by atoms with Crippen LogP contribution in [0, 0.1) is 0 Å². The minimum absolute atomic E-state index is 0.0964. The van der Waals surface area contributed by atoms with Crippen LogP contribution in [-0.4, -0.2) is 20.9 Å². The Morgan fingerprint density at radius 3 is 2.23 bits per heavy atom. The maximum Gasteiger partial charge on any atom is 0.264 e. The molecule has 0 saturated heterocycles. The van der Waals surface area contributed by atoms with Gasteiger partial charge in [-0.05, 0) is 53.9 Å². The van der Waals surface area contributed by atoms with Crippen molar-refractivity contribution in [2.45, 2.75) is 24.7 Å². The molecule has 7 heteroatoms. The molecule has 0 bridgehead atoms. The molecule has 156 valence electrons. The van der Waals surface area contributed by atoms with Gasteiger partial charge in [-0.1, -0.05) is 61.8 Å². The van der Waals surface area contributed by atoms with Crippen molar-refractivity contribution in [3.8, 4) is 0 Å².